The van der Waals surface area contributed by atoms with Crippen LogP contribution in [0.2, 0.25) is 5.02 Å². The maximum absolute atomic E-state index is 6.16. The van der Waals surface area contributed by atoms with E-state index < -0.39 is 0 Å². The summed E-state index contributed by atoms with van der Waals surface area (Å²) in [4.78, 5) is 5.05. The zero-order chi connectivity index (χ0) is 15.5. The Hall–Kier alpha value is -0.770. The lowest BCUT2D eigenvalue weighted by atomic mass is 10.0. The number of hydrogen-bond donors (Lipinski definition) is 1. The Balaban J connectivity index is 2.09. The van der Waals surface area contributed by atoms with Crippen molar-refractivity contribution in [3.05, 3.63) is 28.8 Å². The van der Waals surface area contributed by atoms with E-state index in [0.717, 1.165) is 44.3 Å². The summed E-state index contributed by atoms with van der Waals surface area (Å²) in [5.74, 6) is 0. The largest absolute Gasteiger partial charge is 0.369 e. The van der Waals surface area contributed by atoms with Gasteiger partial charge in [-0.3, -0.25) is 4.90 Å². The van der Waals surface area contributed by atoms with Crippen LogP contribution in [0.5, 0.6) is 0 Å². The van der Waals surface area contributed by atoms with Gasteiger partial charge in [0.1, 0.15) is 0 Å². The average molecular weight is 310 g/mol. The summed E-state index contributed by atoms with van der Waals surface area (Å²) >= 11 is 6.16. The van der Waals surface area contributed by atoms with Gasteiger partial charge in [-0.15, -0.1) is 0 Å². The van der Waals surface area contributed by atoms with Crippen molar-refractivity contribution in [2.24, 2.45) is 0 Å². The molecule has 118 valence electrons. The predicted molar refractivity (Wildman–Crippen MR) is 92.4 cm³/mol. The molecule has 1 aliphatic rings. The van der Waals surface area contributed by atoms with Crippen molar-refractivity contribution >= 4 is 17.3 Å². The molecular weight excluding hydrogens is 282 g/mol. The molecule has 0 unspecified atom stereocenters. The van der Waals surface area contributed by atoms with Gasteiger partial charge >= 0.3 is 0 Å². The van der Waals surface area contributed by atoms with Crippen LogP contribution in [0, 0.1) is 0 Å². The van der Waals surface area contributed by atoms with E-state index in [1.165, 1.54) is 11.3 Å². The minimum Gasteiger partial charge on any atom is -0.369 e. The monoisotopic (exact) mass is 309 g/mol. The topological polar surface area (TPSA) is 18.5 Å². The molecule has 0 saturated carbocycles. The van der Waals surface area contributed by atoms with Crippen molar-refractivity contribution in [1.29, 1.82) is 0 Å². The zero-order valence-corrected chi connectivity index (χ0v) is 14.5. The van der Waals surface area contributed by atoms with Crippen molar-refractivity contribution in [1.82, 2.24) is 10.2 Å². The summed E-state index contributed by atoms with van der Waals surface area (Å²) in [7, 11) is 0. The van der Waals surface area contributed by atoms with Crippen molar-refractivity contribution in [2.45, 2.75) is 39.8 Å². The van der Waals surface area contributed by atoms with E-state index in [1.54, 1.807) is 0 Å². The van der Waals surface area contributed by atoms with Crippen LogP contribution in [0.4, 0.5) is 5.69 Å². The number of anilines is 1. The van der Waals surface area contributed by atoms with Gasteiger partial charge in [0.15, 0.2) is 0 Å². The van der Waals surface area contributed by atoms with Crippen molar-refractivity contribution < 1.29 is 0 Å². The molecule has 3 nitrogen and oxygen atoms in total. The molecule has 1 aromatic rings. The maximum atomic E-state index is 6.16. The lowest BCUT2D eigenvalue weighted by molar-refractivity contribution is 0.128. The van der Waals surface area contributed by atoms with Gasteiger partial charge < -0.3 is 10.2 Å². The van der Waals surface area contributed by atoms with Crippen LogP contribution in [0.1, 0.15) is 33.3 Å². The van der Waals surface area contributed by atoms with Gasteiger partial charge in [0.2, 0.25) is 0 Å². The first kappa shape index (κ1) is 16.6. The summed E-state index contributed by atoms with van der Waals surface area (Å²) in [6.45, 7) is 15.3. The summed E-state index contributed by atoms with van der Waals surface area (Å²) < 4.78 is 0. The van der Waals surface area contributed by atoms with Crippen molar-refractivity contribution in [3.63, 3.8) is 0 Å². The minimum absolute atomic E-state index is 0.263. The Morgan fingerprint density at radius 2 is 1.81 bits per heavy atom. The van der Waals surface area contributed by atoms with Gasteiger partial charge in [0, 0.05) is 49.0 Å². The highest BCUT2D eigenvalue weighted by molar-refractivity contribution is 6.30. The quantitative estimate of drug-likeness (QED) is 0.920. The van der Waals surface area contributed by atoms with Gasteiger partial charge in [0.05, 0.1) is 0 Å². The summed E-state index contributed by atoms with van der Waals surface area (Å²) in [5.41, 5.74) is 2.89. The highest BCUT2D eigenvalue weighted by Crippen LogP contribution is 2.26. The van der Waals surface area contributed by atoms with Crippen LogP contribution >= 0.6 is 11.6 Å². The van der Waals surface area contributed by atoms with E-state index in [1.807, 2.05) is 6.07 Å². The Morgan fingerprint density at radius 1 is 1.14 bits per heavy atom. The SMILES string of the molecule is CCNCc1cc(Cl)ccc1N1CCN(C(C)(C)C)CC1. The molecule has 1 N–H and O–H groups in total. The van der Waals surface area contributed by atoms with Crippen LogP contribution in [-0.4, -0.2) is 43.2 Å². The summed E-state index contributed by atoms with van der Waals surface area (Å²) in [6.07, 6.45) is 0. The Labute approximate surface area is 134 Å². The van der Waals surface area contributed by atoms with E-state index in [2.05, 4.69) is 54.9 Å². The van der Waals surface area contributed by atoms with Crippen LogP contribution in [0.3, 0.4) is 0 Å². The first-order valence-electron chi connectivity index (χ1n) is 7.91. The van der Waals surface area contributed by atoms with Crippen molar-refractivity contribution in [2.75, 3.05) is 37.6 Å². The van der Waals surface area contributed by atoms with E-state index in [-0.39, 0.29) is 5.54 Å². The molecule has 2 rings (SSSR count). The maximum Gasteiger partial charge on any atom is 0.0413 e. The lowest BCUT2D eigenvalue weighted by Gasteiger charge is -2.43. The zero-order valence-electron chi connectivity index (χ0n) is 13.7. The number of benzene rings is 1. The number of rotatable bonds is 4. The Morgan fingerprint density at radius 3 is 2.38 bits per heavy atom. The van der Waals surface area contributed by atoms with Gasteiger partial charge in [-0.05, 0) is 51.1 Å². The first-order valence-corrected chi connectivity index (χ1v) is 8.28. The first-order chi connectivity index (χ1) is 9.91. The molecular formula is C17H28ClN3. The Bertz CT molecular complexity index is 460. The van der Waals surface area contributed by atoms with Gasteiger partial charge in [-0.2, -0.15) is 0 Å². The molecule has 0 aromatic heterocycles. The van der Waals surface area contributed by atoms with Crippen LogP contribution < -0.4 is 10.2 Å². The lowest BCUT2D eigenvalue weighted by Crippen LogP contribution is -2.53. The minimum atomic E-state index is 0.263. The molecule has 0 aliphatic carbocycles. The Kier molecular flexibility index (Phi) is 5.53. The smallest absolute Gasteiger partial charge is 0.0413 e. The number of hydrogen-bond acceptors (Lipinski definition) is 3. The second-order valence-corrected chi connectivity index (χ2v) is 7.13. The molecule has 0 radical (unpaired) electrons. The molecule has 0 amide bonds. The average Bonchev–Trinajstić information content (AvgIpc) is 2.44. The third kappa shape index (κ3) is 4.35. The molecule has 1 heterocycles. The highest BCUT2D eigenvalue weighted by Gasteiger charge is 2.26. The molecule has 1 fully saturated rings. The summed E-state index contributed by atoms with van der Waals surface area (Å²) in [6, 6.07) is 6.26. The van der Waals surface area contributed by atoms with Crippen molar-refractivity contribution in [3.8, 4) is 0 Å². The molecule has 4 heteroatoms. The van der Waals surface area contributed by atoms with E-state index >= 15 is 0 Å². The molecule has 0 spiro atoms. The third-order valence-electron chi connectivity index (χ3n) is 4.18. The number of halogens is 1. The standard InChI is InChI=1S/C17H28ClN3/c1-5-19-13-14-12-15(18)6-7-16(14)20-8-10-21(11-9-20)17(2,3)4/h6-7,12,19H,5,8-11,13H2,1-4H3. The predicted octanol–water partition coefficient (Wildman–Crippen LogP) is 3.37. The summed E-state index contributed by atoms with van der Waals surface area (Å²) in [5, 5.41) is 4.23. The normalized spacial score (nSPS) is 17.3. The van der Waals surface area contributed by atoms with E-state index in [4.69, 9.17) is 11.6 Å². The molecule has 0 atom stereocenters. The van der Waals surface area contributed by atoms with E-state index in [9.17, 15) is 0 Å². The third-order valence-corrected chi connectivity index (χ3v) is 4.41. The molecule has 1 aliphatic heterocycles. The molecule has 1 saturated heterocycles. The molecule has 21 heavy (non-hydrogen) atoms. The van der Waals surface area contributed by atoms with E-state index in [0.29, 0.717) is 0 Å². The fourth-order valence-electron chi connectivity index (χ4n) is 2.88. The van der Waals surface area contributed by atoms with Gasteiger partial charge in [-0.1, -0.05) is 18.5 Å². The van der Waals surface area contributed by atoms with Gasteiger partial charge in [0.25, 0.3) is 0 Å². The molecule has 1 aromatic carbocycles. The van der Waals surface area contributed by atoms with Gasteiger partial charge in [-0.25, -0.2) is 0 Å². The number of nitrogens with zero attached hydrogens (tertiary/aromatic N) is 2. The van der Waals surface area contributed by atoms with Crippen LogP contribution in [0.25, 0.3) is 0 Å². The highest BCUT2D eigenvalue weighted by atomic mass is 35.5. The number of nitrogens with one attached hydrogen (secondary N) is 1. The molecule has 0 bridgehead atoms. The fourth-order valence-corrected chi connectivity index (χ4v) is 3.08. The second-order valence-electron chi connectivity index (χ2n) is 6.70. The number of piperazine rings is 1. The second kappa shape index (κ2) is 6.99. The van der Waals surface area contributed by atoms with Crippen LogP contribution in [0.15, 0.2) is 18.2 Å². The van der Waals surface area contributed by atoms with Crippen LogP contribution in [-0.2, 0) is 6.54 Å². The fraction of sp³-hybridized carbons (Fsp3) is 0.647.